The van der Waals surface area contributed by atoms with Crippen molar-refractivity contribution >= 4 is 17.4 Å². The van der Waals surface area contributed by atoms with Crippen LogP contribution in [0.5, 0.6) is 11.5 Å². The third kappa shape index (κ3) is 4.89. The number of methoxy groups -OCH3 is 1. The van der Waals surface area contributed by atoms with Crippen LogP contribution in [0.1, 0.15) is 36.6 Å². The number of amides is 1. The maximum Gasteiger partial charge on any atom is 0.295 e. The first-order valence-electron chi connectivity index (χ1n) is 11.2. The summed E-state index contributed by atoms with van der Waals surface area (Å²) in [5.74, 6) is -1.17. The monoisotopic (exact) mass is 475 g/mol. The Kier molecular flexibility index (Phi) is 6.87. The average Bonchev–Trinajstić information content (AvgIpc) is 3.09. The lowest BCUT2D eigenvalue weighted by Gasteiger charge is -2.26. The molecule has 1 fully saturated rings. The lowest BCUT2D eigenvalue weighted by atomic mass is 9.95. The molecule has 3 aromatic carbocycles. The largest absolute Gasteiger partial charge is 0.507 e. The third-order valence-electron chi connectivity index (χ3n) is 5.76. The van der Waals surface area contributed by atoms with Crippen LogP contribution in [-0.4, -0.2) is 34.9 Å². The zero-order valence-electron chi connectivity index (χ0n) is 19.7. The number of ketones is 1. The molecule has 0 radical (unpaired) electrons. The molecular formula is C28H26FNO5. The molecule has 1 N–H and O–H groups in total. The number of halogens is 1. The molecule has 4 rings (SSSR count). The van der Waals surface area contributed by atoms with Gasteiger partial charge in [-0.2, -0.15) is 0 Å². The van der Waals surface area contributed by atoms with Gasteiger partial charge in [0.2, 0.25) is 0 Å². The fourth-order valence-corrected chi connectivity index (χ4v) is 4.17. The first-order chi connectivity index (χ1) is 16.8. The van der Waals surface area contributed by atoms with Gasteiger partial charge in [-0.1, -0.05) is 30.3 Å². The molecule has 3 aromatic rings. The molecule has 180 valence electrons. The Morgan fingerprint density at radius 2 is 1.66 bits per heavy atom. The van der Waals surface area contributed by atoms with Crippen LogP contribution in [-0.2, 0) is 16.1 Å². The molecule has 6 nitrogen and oxygen atoms in total. The molecule has 1 aliphatic rings. The second kappa shape index (κ2) is 10.0. The zero-order valence-corrected chi connectivity index (χ0v) is 19.7. The predicted octanol–water partition coefficient (Wildman–Crippen LogP) is 5.24. The van der Waals surface area contributed by atoms with Crippen LogP contribution in [0.2, 0.25) is 0 Å². The topological polar surface area (TPSA) is 76.1 Å². The predicted molar refractivity (Wildman–Crippen MR) is 129 cm³/mol. The van der Waals surface area contributed by atoms with Gasteiger partial charge in [0.05, 0.1) is 31.4 Å². The quantitative estimate of drug-likeness (QED) is 0.287. The van der Waals surface area contributed by atoms with E-state index in [1.807, 2.05) is 32.0 Å². The van der Waals surface area contributed by atoms with Crippen LogP contribution < -0.4 is 9.47 Å². The van der Waals surface area contributed by atoms with Crippen molar-refractivity contribution in [2.24, 2.45) is 0 Å². The molecule has 1 unspecified atom stereocenters. The van der Waals surface area contributed by atoms with E-state index in [9.17, 15) is 19.1 Å². The maximum absolute atomic E-state index is 13.5. The number of Topliss-reactive ketones (excluding diaryl/α,β-unsaturated/α-hetero) is 1. The highest BCUT2D eigenvalue weighted by Gasteiger charge is 2.46. The Morgan fingerprint density at radius 1 is 1.00 bits per heavy atom. The smallest absolute Gasteiger partial charge is 0.295 e. The van der Waals surface area contributed by atoms with E-state index in [1.165, 1.54) is 36.3 Å². The minimum atomic E-state index is -0.863. The molecule has 7 heteroatoms. The number of ether oxygens (including phenoxy) is 2. The van der Waals surface area contributed by atoms with Gasteiger partial charge in [0.25, 0.3) is 11.7 Å². The van der Waals surface area contributed by atoms with E-state index in [-0.39, 0.29) is 29.5 Å². The standard InChI is InChI=1S/C28H26FNO5/c1-17(2)35-22-14-10-18(11-15-22)25-24(26(31)19-8-12-21(29)13-9-19)27(32)28(33)30(25)16-20-6-4-5-7-23(20)34-3/h4-15,17,25,31H,16H2,1-3H3/b26-24+. The van der Waals surface area contributed by atoms with Crippen molar-refractivity contribution in [3.63, 3.8) is 0 Å². The normalized spacial score (nSPS) is 17.2. The minimum absolute atomic E-state index is 0.0180. The average molecular weight is 476 g/mol. The highest BCUT2D eigenvalue weighted by molar-refractivity contribution is 6.46. The molecule has 0 aromatic heterocycles. The molecular weight excluding hydrogens is 449 g/mol. The minimum Gasteiger partial charge on any atom is -0.507 e. The van der Waals surface area contributed by atoms with Crippen molar-refractivity contribution in [2.45, 2.75) is 32.5 Å². The van der Waals surface area contributed by atoms with Crippen LogP contribution in [0.4, 0.5) is 4.39 Å². The number of rotatable bonds is 7. The van der Waals surface area contributed by atoms with Gasteiger partial charge in [-0.05, 0) is 61.9 Å². The fraction of sp³-hybridized carbons (Fsp3) is 0.214. The van der Waals surface area contributed by atoms with Gasteiger partial charge in [-0.15, -0.1) is 0 Å². The summed E-state index contributed by atoms with van der Waals surface area (Å²) in [4.78, 5) is 27.8. The Hall–Kier alpha value is -4.13. The van der Waals surface area contributed by atoms with E-state index < -0.39 is 23.5 Å². The highest BCUT2D eigenvalue weighted by Crippen LogP contribution is 2.41. The van der Waals surface area contributed by atoms with Gasteiger partial charge >= 0.3 is 0 Å². The molecule has 35 heavy (non-hydrogen) atoms. The number of carbonyl (C=O) groups excluding carboxylic acids is 2. The summed E-state index contributed by atoms with van der Waals surface area (Å²) in [5, 5.41) is 11.1. The summed E-state index contributed by atoms with van der Waals surface area (Å²) in [6.07, 6.45) is -0.0180. The summed E-state index contributed by atoms with van der Waals surface area (Å²) in [5.41, 5.74) is 1.52. The number of hydrogen-bond acceptors (Lipinski definition) is 5. The van der Waals surface area contributed by atoms with E-state index in [0.717, 1.165) is 0 Å². The number of aliphatic hydroxyl groups is 1. The van der Waals surface area contributed by atoms with Gasteiger partial charge in [0.15, 0.2) is 0 Å². The summed E-state index contributed by atoms with van der Waals surface area (Å²) >= 11 is 0. The maximum atomic E-state index is 13.5. The SMILES string of the molecule is COc1ccccc1CN1C(=O)C(=O)/C(=C(/O)c2ccc(F)cc2)C1c1ccc(OC(C)C)cc1. The van der Waals surface area contributed by atoms with Gasteiger partial charge in [-0.3, -0.25) is 9.59 Å². The summed E-state index contributed by atoms with van der Waals surface area (Å²) < 4.78 is 24.6. The van der Waals surface area contributed by atoms with Crippen molar-refractivity contribution in [2.75, 3.05) is 7.11 Å². The Labute approximate surface area is 203 Å². The van der Waals surface area contributed by atoms with E-state index in [1.54, 1.807) is 30.3 Å². The molecule has 1 heterocycles. The Bertz CT molecular complexity index is 1270. The lowest BCUT2D eigenvalue weighted by Crippen LogP contribution is -2.29. The van der Waals surface area contributed by atoms with Crippen LogP contribution in [0.25, 0.3) is 5.76 Å². The summed E-state index contributed by atoms with van der Waals surface area (Å²) in [7, 11) is 1.53. The van der Waals surface area contributed by atoms with Crippen molar-refractivity contribution in [1.29, 1.82) is 0 Å². The van der Waals surface area contributed by atoms with E-state index in [0.29, 0.717) is 22.6 Å². The van der Waals surface area contributed by atoms with Crippen molar-refractivity contribution in [3.8, 4) is 11.5 Å². The van der Waals surface area contributed by atoms with Crippen LogP contribution >= 0.6 is 0 Å². The van der Waals surface area contributed by atoms with E-state index >= 15 is 0 Å². The lowest BCUT2D eigenvalue weighted by molar-refractivity contribution is -0.140. The molecule has 0 saturated carbocycles. The third-order valence-corrected chi connectivity index (χ3v) is 5.76. The number of likely N-dealkylation sites (tertiary alicyclic amines) is 1. The Balaban J connectivity index is 1.83. The molecule has 0 spiro atoms. The molecule has 0 aliphatic carbocycles. The summed E-state index contributed by atoms with van der Waals surface area (Å²) in [6.45, 7) is 3.92. The van der Waals surface area contributed by atoms with E-state index in [4.69, 9.17) is 9.47 Å². The van der Waals surface area contributed by atoms with Crippen molar-refractivity contribution in [3.05, 3.63) is 101 Å². The number of para-hydroxylation sites is 1. The number of hydrogen-bond donors (Lipinski definition) is 1. The van der Waals surface area contributed by atoms with Crippen LogP contribution in [0, 0.1) is 5.82 Å². The van der Waals surface area contributed by atoms with Crippen molar-refractivity contribution < 1.29 is 28.6 Å². The van der Waals surface area contributed by atoms with E-state index in [2.05, 4.69) is 0 Å². The number of aliphatic hydroxyl groups excluding tert-OH is 1. The molecule has 1 amide bonds. The first-order valence-corrected chi connectivity index (χ1v) is 11.2. The molecule has 0 bridgehead atoms. The molecule has 1 aliphatic heterocycles. The first kappa shape index (κ1) is 24.0. The van der Waals surface area contributed by atoms with Gasteiger partial charge in [0, 0.05) is 11.1 Å². The molecule has 1 atom stereocenters. The second-order valence-corrected chi connectivity index (χ2v) is 8.48. The van der Waals surface area contributed by atoms with Crippen LogP contribution in [0.3, 0.4) is 0 Å². The van der Waals surface area contributed by atoms with Gasteiger partial charge < -0.3 is 19.5 Å². The second-order valence-electron chi connectivity index (χ2n) is 8.48. The van der Waals surface area contributed by atoms with Crippen molar-refractivity contribution in [1.82, 2.24) is 4.90 Å². The van der Waals surface area contributed by atoms with Gasteiger partial charge in [-0.25, -0.2) is 4.39 Å². The number of nitrogens with zero attached hydrogens (tertiary/aromatic N) is 1. The number of benzene rings is 3. The Morgan fingerprint density at radius 3 is 2.29 bits per heavy atom. The molecule has 1 saturated heterocycles. The highest BCUT2D eigenvalue weighted by atomic mass is 19.1. The summed E-state index contributed by atoms with van der Waals surface area (Å²) in [6, 6.07) is 18.5. The number of carbonyl (C=O) groups is 2. The van der Waals surface area contributed by atoms with Crippen LogP contribution in [0.15, 0.2) is 78.4 Å². The van der Waals surface area contributed by atoms with Gasteiger partial charge in [0.1, 0.15) is 23.1 Å². The fourth-order valence-electron chi connectivity index (χ4n) is 4.17. The zero-order chi connectivity index (χ0) is 25.1.